The van der Waals surface area contributed by atoms with Gasteiger partial charge in [-0.05, 0) is 57.9 Å². The molecule has 1 saturated heterocycles. The molecule has 0 atom stereocenters. The number of hydrogen-bond acceptors (Lipinski definition) is 5. The van der Waals surface area contributed by atoms with E-state index < -0.39 is 18.3 Å². The summed E-state index contributed by atoms with van der Waals surface area (Å²) in [5, 5.41) is 22.1. The maximum atomic E-state index is 9.68. The van der Waals surface area contributed by atoms with Crippen LogP contribution in [-0.4, -0.2) is 42.1 Å². The van der Waals surface area contributed by atoms with Crippen LogP contribution in [0.5, 0.6) is 5.75 Å². The number of aliphatic hydroxyl groups is 1. The fraction of sp³-hybridized carbons (Fsp3) is 0.529. The van der Waals surface area contributed by atoms with E-state index in [1.807, 2.05) is 40.8 Å². The van der Waals surface area contributed by atoms with Crippen LogP contribution in [0.15, 0.2) is 23.7 Å². The van der Waals surface area contributed by atoms with Crippen molar-refractivity contribution >= 4 is 13.2 Å². The highest BCUT2D eigenvalue weighted by Gasteiger charge is 2.52. The van der Waals surface area contributed by atoms with Crippen molar-refractivity contribution in [2.24, 2.45) is 0 Å². The average molecular weight is 319 g/mol. The zero-order valence-electron chi connectivity index (χ0n) is 14.5. The van der Waals surface area contributed by atoms with Gasteiger partial charge in [0.15, 0.2) is 0 Å². The van der Waals surface area contributed by atoms with Crippen LogP contribution in [0.25, 0.3) is 6.08 Å². The van der Waals surface area contributed by atoms with Crippen molar-refractivity contribution in [2.75, 3.05) is 13.6 Å². The third-order valence-electron chi connectivity index (χ3n) is 4.56. The standard InChI is InChI=1S/C17H26BNO4/c1-16(2)17(3,4)23-18(22-16)14(10-19-5)9-12-6-7-15(21)13(8-12)11-20/h6-9,19-21H,10-11H2,1-5H3. The molecule has 6 heteroatoms. The molecule has 0 aliphatic carbocycles. The van der Waals surface area contributed by atoms with Crippen molar-refractivity contribution in [3.63, 3.8) is 0 Å². The van der Waals surface area contributed by atoms with Crippen LogP contribution < -0.4 is 5.32 Å². The molecule has 1 aromatic rings. The van der Waals surface area contributed by atoms with Gasteiger partial charge < -0.3 is 24.8 Å². The van der Waals surface area contributed by atoms with Gasteiger partial charge in [0.1, 0.15) is 5.75 Å². The molecule has 0 bridgehead atoms. The molecule has 1 aliphatic heterocycles. The molecular weight excluding hydrogens is 293 g/mol. The summed E-state index contributed by atoms with van der Waals surface area (Å²) in [6, 6.07) is 5.14. The summed E-state index contributed by atoms with van der Waals surface area (Å²) < 4.78 is 12.2. The summed E-state index contributed by atoms with van der Waals surface area (Å²) in [7, 11) is 1.44. The molecule has 1 aromatic carbocycles. The monoisotopic (exact) mass is 319 g/mol. The minimum Gasteiger partial charge on any atom is -0.508 e. The number of phenols is 1. The lowest BCUT2D eigenvalue weighted by Crippen LogP contribution is -2.41. The van der Waals surface area contributed by atoms with Crippen molar-refractivity contribution in [1.29, 1.82) is 0 Å². The molecule has 23 heavy (non-hydrogen) atoms. The van der Waals surface area contributed by atoms with Gasteiger partial charge >= 0.3 is 7.12 Å². The van der Waals surface area contributed by atoms with E-state index in [1.165, 1.54) is 0 Å². The molecule has 0 saturated carbocycles. The molecule has 0 aromatic heterocycles. The number of nitrogens with one attached hydrogen (secondary N) is 1. The van der Waals surface area contributed by atoms with Gasteiger partial charge in [0.2, 0.25) is 0 Å². The smallest absolute Gasteiger partial charge is 0.491 e. The number of aliphatic hydroxyl groups excluding tert-OH is 1. The normalized spacial score (nSPS) is 20.1. The Morgan fingerprint density at radius 2 is 1.83 bits per heavy atom. The van der Waals surface area contributed by atoms with Gasteiger partial charge in [-0.1, -0.05) is 12.1 Å². The topological polar surface area (TPSA) is 71.0 Å². The summed E-state index contributed by atoms with van der Waals surface area (Å²) >= 11 is 0. The van der Waals surface area contributed by atoms with E-state index in [-0.39, 0.29) is 12.4 Å². The predicted molar refractivity (Wildman–Crippen MR) is 92.0 cm³/mol. The van der Waals surface area contributed by atoms with Crippen LogP contribution in [0.3, 0.4) is 0 Å². The Morgan fingerprint density at radius 3 is 2.35 bits per heavy atom. The summed E-state index contributed by atoms with van der Waals surface area (Å²) in [6.45, 7) is 8.50. The lowest BCUT2D eigenvalue weighted by atomic mass is 9.77. The van der Waals surface area contributed by atoms with Gasteiger partial charge in [-0.2, -0.15) is 0 Å². The molecule has 0 amide bonds. The first-order valence-corrected chi connectivity index (χ1v) is 7.83. The van der Waals surface area contributed by atoms with Crippen LogP contribution in [0.1, 0.15) is 38.8 Å². The molecule has 126 valence electrons. The van der Waals surface area contributed by atoms with Crippen LogP contribution in [-0.2, 0) is 15.9 Å². The Kier molecular flexibility index (Phi) is 5.21. The summed E-state index contributed by atoms with van der Waals surface area (Å²) in [5.74, 6) is 0.0930. The first kappa shape index (κ1) is 18.0. The van der Waals surface area contributed by atoms with Gasteiger partial charge in [-0.25, -0.2) is 0 Å². The van der Waals surface area contributed by atoms with Crippen molar-refractivity contribution in [3.8, 4) is 5.75 Å². The number of likely N-dealkylation sites (N-methyl/N-ethyl adjacent to an activating group) is 1. The van der Waals surface area contributed by atoms with Crippen LogP contribution in [0.4, 0.5) is 0 Å². The number of aromatic hydroxyl groups is 1. The molecule has 3 N–H and O–H groups in total. The van der Waals surface area contributed by atoms with E-state index >= 15 is 0 Å². The van der Waals surface area contributed by atoms with E-state index in [2.05, 4.69) is 5.32 Å². The Bertz CT molecular complexity index is 582. The van der Waals surface area contributed by atoms with Crippen molar-refractivity contribution in [2.45, 2.75) is 45.5 Å². The molecule has 5 nitrogen and oxygen atoms in total. The SMILES string of the molecule is CNCC(=Cc1ccc(O)c(CO)c1)B1OC(C)(C)C(C)(C)O1. The molecule has 1 aliphatic rings. The number of hydrogen-bond donors (Lipinski definition) is 3. The second kappa shape index (κ2) is 6.65. The quantitative estimate of drug-likeness (QED) is 0.725. The number of benzene rings is 1. The lowest BCUT2D eigenvalue weighted by molar-refractivity contribution is 0.00578. The fourth-order valence-electron chi connectivity index (χ4n) is 2.44. The van der Waals surface area contributed by atoms with Crippen LogP contribution in [0, 0.1) is 0 Å². The van der Waals surface area contributed by atoms with Gasteiger partial charge in [-0.3, -0.25) is 0 Å². The Labute approximate surface area is 138 Å². The van der Waals surface area contributed by atoms with Crippen LogP contribution in [0.2, 0.25) is 0 Å². The third kappa shape index (κ3) is 3.78. The van der Waals surface area contributed by atoms with Crippen molar-refractivity contribution in [1.82, 2.24) is 5.32 Å². The summed E-state index contributed by atoms with van der Waals surface area (Å²) in [4.78, 5) is 0. The van der Waals surface area contributed by atoms with E-state index in [4.69, 9.17) is 9.31 Å². The van der Waals surface area contributed by atoms with Crippen LogP contribution >= 0.6 is 0 Å². The fourth-order valence-corrected chi connectivity index (χ4v) is 2.44. The highest BCUT2D eigenvalue weighted by molar-refractivity contribution is 6.55. The lowest BCUT2D eigenvalue weighted by Gasteiger charge is -2.32. The predicted octanol–water partition coefficient (Wildman–Crippen LogP) is 2.12. The van der Waals surface area contributed by atoms with Gasteiger partial charge in [0.05, 0.1) is 17.8 Å². The molecule has 0 radical (unpaired) electrons. The largest absolute Gasteiger partial charge is 0.508 e. The zero-order valence-corrected chi connectivity index (χ0v) is 14.5. The molecule has 0 spiro atoms. The highest BCUT2D eigenvalue weighted by atomic mass is 16.7. The highest BCUT2D eigenvalue weighted by Crippen LogP contribution is 2.38. The Morgan fingerprint density at radius 1 is 1.22 bits per heavy atom. The van der Waals surface area contributed by atoms with Crippen molar-refractivity contribution < 1.29 is 19.5 Å². The molecule has 0 unspecified atom stereocenters. The molecule has 1 heterocycles. The average Bonchev–Trinajstić information content (AvgIpc) is 2.69. The third-order valence-corrected chi connectivity index (χ3v) is 4.56. The van der Waals surface area contributed by atoms with E-state index in [1.54, 1.807) is 18.2 Å². The van der Waals surface area contributed by atoms with Crippen molar-refractivity contribution in [3.05, 3.63) is 34.8 Å². The molecule has 1 fully saturated rings. The first-order chi connectivity index (χ1) is 10.7. The van der Waals surface area contributed by atoms with Gasteiger partial charge in [0.25, 0.3) is 0 Å². The second-order valence-electron chi connectivity index (χ2n) is 6.88. The van der Waals surface area contributed by atoms with E-state index in [9.17, 15) is 10.2 Å². The summed E-state index contributed by atoms with van der Waals surface area (Å²) in [6.07, 6.45) is 1.97. The number of rotatable bonds is 5. The van der Waals surface area contributed by atoms with Gasteiger partial charge in [0, 0.05) is 12.1 Å². The second-order valence-corrected chi connectivity index (χ2v) is 6.88. The molecular formula is C17H26BNO4. The summed E-state index contributed by atoms with van der Waals surface area (Å²) in [5.41, 5.74) is 1.55. The maximum Gasteiger partial charge on any atom is 0.491 e. The Balaban J connectivity index is 2.32. The zero-order chi connectivity index (χ0) is 17.3. The first-order valence-electron chi connectivity index (χ1n) is 7.83. The Hall–Kier alpha value is -1.34. The minimum absolute atomic E-state index is 0.0930. The molecule has 2 rings (SSSR count). The minimum atomic E-state index is -0.432. The van der Waals surface area contributed by atoms with E-state index in [0.717, 1.165) is 11.0 Å². The van der Waals surface area contributed by atoms with E-state index in [0.29, 0.717) is 12.1 Å². The maximum absolute atomic E-state index is 9.68. The van der Waals surface area contributed by atoms with Gasteiger partial charge in [-0.15, -0.1) is 0 Å².